The molecule has 3 aromatic carbocycles. The molecule has 0 unspecified atom stereocenters. The number of anilines is 1. The van der Waals surface area contributed by atoms with E-state index in [9.17, 15) is 10.1 Å². The predicted molar refractivity (Wildman–Crippen MR) is 149 cm³/mol. The highest BCUT2D eigenvalue weighted by Gasteiger charge is 2.15. The fraction of sp³-hybridized carbons (Fsp3) is 0.133. The third-order valence-corrected chi connectivity index (χ3v) is 6.73. The fourth-order valence-electron chi connectivity index (χ4n) is 4.01. The molecular formula is C30H25Cl2N3O2. The molecule has 0 aliphatic rings. The number of hydrogen-bond acceptors (Lipinski definition) is 3. The average molecular weight is 530 g/mol. The lowest BCUT2D eigenvalue weighted by atomic mass is 10.1. The van der Waals surface area contributed by atoms with E-state index in [0.29, 0.717) is 22.3 Å². The highest BCUT2D eigenvalue weighted by molar-refractivity contribution is 6.32. The van der Waals surface area contributed by atoms with Crippen molar-refractivity contribution in [1.82, 2.24) is 4.57 Å². The predicted octanol–water partition coefficient (Wildman–Crippen LogP) is 7.83. The SMILES string of the molecule is Cc1c(Cl)cccc1NC(=O)/C(C#N)=C\c1cc(C)n(-c2ccc(OCc3ccc(Cl)cc3)cc2)c1C. The molecule has 0 radical (unpaired) electrons. The molecule has 0 aliphatic heterocycles. The zero-order chi connectivity index (χ0) is 26.5. The number of carbonyl (C=O) groups is 1. The fourth-order valence-corrected chi connectivity index (χ4v) is 4.31. The van der Waals surface area contributed by atoms with Gasteiger partial charge < -0.3 is 14.6 Å². The number of hydrogen-bond donors (Lipinski definition) is 1. The van der Waals surface area contributed by atoms with E-state index >= 15 is 0 Å². The number of carbonyl (C=O) groups excluding carboxylic acids is 1. The maximum atomic E-state index is 12.8. The van der Waals surface area contributed by atoms with Gasteiger partial charge >= 0.3 is 0 Å². The number of halogens is 2. The third kappa shape index (κ3) is 6.06. The Hall–Kier alpha value is -3.98. The van der Waals surface area contributed by atoms with E-state index in [1.54, 1.807) is 24.3 Å². The number of rotatable bonds is 7. The second kappa shape index (κ2) is 11.4. The number of amides is 1. The molecule has 4 aromatic rings. The van der Waals surface area contributed by atoms with E-state index in [4.69, 9.17) is 27.9 Å². The Balaban J connectivity index is 1.52. The summed E-state index contributed by atoms with van der Waals surface area (Å²) in [7, 11) is 0. The van der Waals surface area contributed by atoms with Gasteiger partial charge in [-0.05, 0) is 98.1 Å². The molecule has 0 fully saturated rings. The van der Waals surface area contributed by atoms with E-state index in [0.717, 1.165) is 39.5 Å². The second-order valence-corrected chi connectivity index (χ2v) is 9.45. The van der Waals surface area contributed by atoms with Crippen LogP contribution in [0.4, 0.5) is 5.69 Å². The summed E-state index contributed by atoms with van der Waals surface area (Å²) in [6, 6.07) is 24.6. The molecule has 1 aromatic heterocycles. The van der Waals surface area contributed by atoms with Gasteiger partial charge in [0.1, 0.15) is 24.0 Å². The quantitative estimate of drug-likeness (QED) is 0.196. The molecular weight excluding hydrogens is 505 g/mol. The topological polar surface area (TPSA) is 67.0 Å². The van der Waals surface area contributed by atoms with Crippen LogP contribution in [0.3, 0.4) is 0 Å². The monoisotopic (exact) mass is 529 g/mol. The van der Waals surface area contributed by atoms with Crippen LogP contribution in [0.15, 0.2) is 78.4 Å². The molecule has 1 amide bonds. The first kappa shape index (κ1) is 26.1. The Morgan fingerprint density at radius 1 is 1.03 bits per heavy atom. The minimum absolute atomic E-state index is 0.00516. The lowest BCUT2D eigenvalue weighted by Gasteiger charge is -2.12. The van der Waals surface area contributed by atoms with Crippen molar-refractivity contribution in [2.24, 2.45) is 0 Å². The van der Waals surface area contributed by atoms with Gasteiger partial charge in [-0.25, -0.2) is 0 Å². The summed E-state index contributed by atoms with van der Waals surface area (Å²) in [6.45, 7) is 6.20. The number of ether oxygens (including phenoxy) is 1. The van der Waals surface area contributed by atoms with Crippen LogP contribution in [-0.2, 0) is 11.4 Å². The van der Waals surface area contributed by atoms with Gasteiger partial charge in [0.2, 0.25) is 0 Å². The first-order valence-electron chi connectivity index (χ1n) is 11.6. The van der Waals surface area contributed by atoms with Crippen molar-refractivity contribution in [2.75, 3.05) is 5.32 Å². The van der Waals surface area contributed by atoms with E-state index < -0.39 is 5.91 Å². The van der Waals surface area contributed by atoms with Gasteiger partial charge in [0, 0.05) is 32.8 Å². The summed E-state index contributed by atoms with van der Waals surface area (Å²) in [5, 5.41) is 13.7. The van der Waals surface area contributed by atoms with E-state index in [1.807, 2.05) is 81.4 Å². The maximum absolute atomic E-state index is 12.8. The lowest BCUT2D eigenvalue weighted by Crippen LogP contribution is -2.14. The van der Waals surface area contributed by atoms with E-state index in [-0.39, 0.29) is 5.57 Å². The van der Waals surface area contributed by atoms with Gasteiger partial charge in [-0.2, -0.15) is 5.26 Å². The van der Waals surface area contributed by atoms with Crippen LogP contribution >= 0.6 is 23.2 Å². The van der Waals surface area contributed by atoms with Gasteiger partial charge in [-0.3, -0.25) is 4.79 Å². The molecule has 0 aliphatic carbocycles. The number of aryl methyl sites for hydroxylation is 1. The van der Waals surface area contributed by atoms with Crippen LogP contribution in [0.2, 0.25) is 10.0 Å². The maximum Gasteiger partial charge on any atom is 0.266 e. The largest absolute Gasteiger partial charge is 0.489 e. The first-order chi connectivity index (χ1) is 17.8. The van der Waals surface area contributed by atoms with Gasteiger partial charge in [0.15, 0.2) is 0 Å². The molecule has 7 heteroatoms. The van der Waals surface area contributed by atoms with Gasteiger partial charge in [0.05, 0.1) is 0 Å². The number of nitrogens with zero attached hydrogens (tertiary/aromatic N) is 2. The molecule has 37 heavy (non-hydrogen) atoms. The Labute approximate surface area is 226 Å². The van der Waals surface area contributed by atoms with E-state index in [2.05, 4.69) is 9.88 Å². The Morgan fingerprint density at radius 2 is 1.73 bits per heavy atom. The number of nitrogens with one attached hydrogen (secondary N) is 1. The zero-order valence-electron chi connectivity index (χ0n) is 20.7. The average Bonchev–Trinajstić information content (AvgIpc) is 3.17. The molecule has 1 N–H and O–H groups in total. The summed E-state index contributed by atoms with van der Waals surface area (Å²) in [5.41, 5.74) is 5.97. The molecule has 0 saturated carbocycles. The second-order valence-electron chi connectivity index (χ2n) is 8.61. The Kier molecular flexibility index (Phi) is 8.03. The molecule has 0 bridgehead atoms. The minimum Gasteiger partial charge on any atom is -0.489 e. The van der Waals surface area contributed by atoms with Gasteiger partial charge in [-0.1, -0.05) is 41.4 Å². The highest BCUT2D eigenvalue weighted by Crippen LogP contribution is 2.26. The number of benzene rings is 3. The van der Waals surface area contributed by atoms with Crippen LogP contribution in [-0.4, -0.2) is 10.5 Å². The normalized spacial score (nSPS) is 11.2. The molecule has 0 atom stereocenters. The molecule has 1 heterocycles. The molecule has 0 spiro atoms. The molecule has 0 saturated heterocycles. The van der Waals surface area contributed by atoms with Crippen LogP contribution < -0.4 is 10.1 Å². The summed E-state index contributed by atoms with van der Waals surface area (Å²) >= 11 is 12.1. The van der Waals surface area contributed by atoms with Crippen molar-refractivity contribution in [3.8, 4) is 17.5 Å². The van der Waals surface area contributed by atoms with Crippen molar-refractivity contribution >= 4 is 40.9 Å². The van der Waals surface area contributed by atoms with Crippen molar-refractivity contribution in [2.45, 2.75) is 27.4 Å². The van der Waals surface area contributed by atoms with Crippen LogP contribution in [0, 0.1) is 32.1 Å². The zero-order valence-corrected chi connectivity index (χ0v) is 22.2. The van der Waals surface area contributed by atoms with Gasteiger partial charge in [0.25, 0.3) is 5.91 Å². The summed E-state index contributed by atoms with van der Waals surface area (Å²) in [5.74, 6) is 0.265. The van der Waals surface area contributed by atoms with Crippen LogP contribution in [0.25, 0.3) is 11.8 Å². The highest BCUT2D eigenvalue weighted by atomic mass is 35.5. The summed E-state index contributed by atoms with van der Waals surface area (Å²) < 4.78 is 7.97. The standard InChI is InChI=1S/C30H25Cl2N3O2/c1-19-15-23(16-24(17-33)30(36)34-29-6-4-5-28(32)20(29)2)21(3)35(19)26-11-13-27(14-12-26)37-18-22-7-9-25(31)10-8-22/h4-16H,18H2,1-3H3,(H,34,36)/b24-16-. The van der Waals surface area contributed by atoms with Crippen molar-refractivity contribution < 1.29 is 9.53 Å². The lowest BCUT2D eigenvalue weighted by molar-refractivity contribution is -0.112. The van der Waals surface area contributed by atoms with E-state index in [1.165, 1.54) is 0 Å². The summed E-state index contributed by atoms with van der Waals surface area (Å²) in [6.07, 6.45) is 1.61. The molecule has 4 rings (SSSR count). The van der Waals surface area contributed by atoms with Crippen LogP contribution in [0.1, 0.15) is 28.1 Å². The third-order valence-electron chi connectivity index (χ3n) is 6.06. The van der Waals surface area contributed by atoms with Crippen molar-refractivity contribution in [3.63, 3.8) is 0 Å². The van der Waals surface area contributed by atoms with Crippen LogP contribution in [0.5, 0.6) is 5.75 Å². The van der Waals surface area contributed by atoms with Crippen molar-refractivity contribution in [3.05, 3.63) is 116 Å². The van der Waals surface area contributed by atoms with Crippen molar-refractivity contribution in [1.29, 1.82) is 5.26 Å². The minimum atomic E-state index is -0.486. The smallest absolute Gasteiger partial charge is 0.266 e. The summed E-state index contributed by atoms with van der Waals surface area (Å²) in [4.78, 5) is 12.8. The Bertz CT molecular complexity index is 1510. The number of aromatic nitrogens is 1. The molecule has 5 nitrogen and oxygen atoms in total. The van der Waals surface area contributed by atoms with Gasteiger partial charge in [-0.15, -0.1) is 0 Å². The first-order valence-corrected chi connectivity index (χ1v) is 12.4. The Morgan fingerprint density at radius 3 is 2.41 bits per heavy atom. The number of nitriles is 1. The molecule has 186 valence electrons.